The molecule has 5 heteroatoms. The number of nitrogens with two attached hydrogens (primary N) is 1. The van der Waals surface area contributed by atoms with Crippen LogP contribution in [0.4, 0.5) is 0 Å². The van der Waals surface area contributed by atoms with Crippen LogP contribution in [0.15, 0.2) is 12.1 Å². The fourth-order valence-electron chi connectivity index (χ4n) is 1.98. The highest BCUT2D eigenvalue weighted by Crippen LogP contribution is 2.38. The van der Waals surface area contributed by atoms with Crippen molar-refractivity contribution in [3.05, 3.63) is 17.7 Å². The second kappa shape index (κ2) is 7.36. The van der Waals surface area contributed by atoms with E-state index in [2.05, 4.69) is 13.8 Å². The molecule has 0 bridgehead atoms. The Balaban J connectivity index is 1.92. The summed E-state index contributed by atoms with van der Waals surface area (Å²) in [6.07, 6.45) is 0.749. The third kappa shape index (κ3) is 4.02. The zero-order valence-corrected chi connectivity index (χ0v) is 12.2. The molecule has 0 atom stereocenters. The van der Waals surface area contributed by atoms with Crippen molar-refractivity contribution >= 4 is 0 Å². The highest BCUT2D eigenvalue weighted by atomic mass is 16.7. The lowest BCUT2D eigenvalue weighted by Gasteiger charge is -2.13. The second-order valence-electron chi connectivity index (χ2n) is 5.17. The Kier molecular flexibility index (Phi) is 5.49. The van der Waals surface area contributed by atoms with Crippen LogP contribution in [0.1, 0.15) is 19.4 Å². The lowest BCUT2D eigenvalue weighted by atomic mass is 10.1. The normalized spacial score (nSPS) is 13.0. The van der Waals surface area contributed by atoms with Crippen LogP contribution >= 0.6 is 0 Å². The van der Waals surface area contributed by atoms with Crippen molar-refractivity contribution in [2.45, 2.75) is 20.3 Å². The molecule has 0 radical (unpaired) electrons. The van der Waals surface area contributed by atoms with Crippen LogP contribution in [0.3, 0.4) is 0 Å². The van der Waals surface area contributed by atoms with E-state index in [1.807, 2.05) is 12.1 Å². The van der Waals surface area contributed by atoms with E-state index in [1.165, 1.54) is 0 Å². The Labute approximate surface area is 120 Å². The van der Waals surface area contributed by atoms with Crippen molar-refractivity contribution in [1.29, 1.82) is 0 Å². The minimum atomic E-state index is 0.262. The molecule has 0 fully saturated rings. The fourth-order valence-corrected chi connectivity index (χ4v) is 1.98. The molecule has 2 rings (SSSR count). The highest BCUT2D eigenvalue weighted by molar-refractivity contribution is 5.52. The van der Waals surface area contributed by atoms with Crippen molar-refractivity contribution in [2.75, 3.05) is 33.2 Å². The minimum absolute atomic E-state index is 0.262. The predicted octanol–water partition coefficient (Wildman–Crippen LogP) is 1.97. The zero-order chi connectivity index (χ0) is 14.4. The third-order valence-corrected chi connectivity index (χ3v) is 2.91. The lowest BCUT2D eigenvalue weighted by molar-refractivity contribution is 0.0816. The maximum atomic E-state index is 5.78. The maximum Gasteiger partial charge on any atom is 0.231 e. The molecule has 112 valence electrons. The summed E-state index contributed by atoms with van der Waals surface area (Å²) < 4.78 is 22.0. The standard InChI is InChI=1S/C15H23NO4/c1-11(2)9-17-5-6-18-13-8-15-14(19-10-20-15)7-12(13)3-4-16/h7-8,11H,3-6,9-10,16H2,1-2H3. The molecule has 1 heterocycles. The Morgan fingerprint density at radius 2 is 1.95 bits per heavy atom. The largest absolute Gasteiger partial charge is 0.491 e. The molecule has 2 N–H and O–H groups in total. The molecule has 1 aliphatic rings. The fraction of sp³-hybridized carbons (Fsp3) is 0.600. The van der Waals surface area contributed by atoms with Gasteiger partial charge in [-0.25, -0.2) is 0 Å². The molecule has 1 aromatic rings. The Morgan fingerprint density at radius 1 is 1.20 bits per heavy atom. The number of rotatable bonds is 8. The average molecular weight is 281 g/mol. The van der Waals surface area contributed by atoms with Crippen LogP contribution in [0, 0.1) is 5.92 Å². The Hall–Kier alpha value is -1.46. The molecule has 0 aromatic heterocycles. The van der Waals surface area contributed by atoms with Gasteiger partial charge in [0.05, 0.1) is 6.61 Å². The Bertz CT molecular complexity index is 434. The summed E-state index contributed by atoms with van der Waals surface area (Å²) in [5, 5.41) is 0. The molecule has 5 nitrogen and oxygen atoms in total. The number of benzene rings is 1. The summed E-state index contributed by atoms with van der Waals surface area (Å²) in [6.45, 7) is 6.92. The summed E-state index contributed by atoms with van der Waals surface area (Å²) in [5.41, 5.74) is 6.67. The van der Waals surface area contributed by atoms with E-state index in [-0.39, 0.29) is 6.79 Å². The van der Waals surface area contributed by atoms with Crippen molar-refractivity contribution < 1.29 is 18.9 Å². The zero-order valence-electron chi connectivity index (χ0n) is 12.2. The molecule has 1 aliphatic heterocycles. The molecule has 0 aliphatic carbocycles. The number of fused-ring (bicyclic) bond motifs is 1. The van der Waals surface area contributed by atoms with Gasteiger partial charge in [-0.1, -0.05) is 13.8 Å². The van der Waals surface area contributed by atoms with Crippen molar-refractivity contribution in [3.63, 3.8) is 0 Å². The number of hydrogen-bond acceptors (Lipinski definition) is 5. The summed E-state index contributed by atoms with van der Waals surface area (Å²) >= 11 is 0. The summed E-state index contributed by atoms with van der Waals surface area (Å²) in [5.74, 6) is 2.82. The quantitative estimate of drug-likeness (QED) is 0.738. The van der Waals surface area contributed by atoms with Crippen molar-refractivity contribution in [2.24, 2.45) is 11.7 Å². The average Bonchev–Trinajstić information content (AvgIpc) is 2.85. The van der Waals surface area contributed by atoms with Gasteiger partial charge in [-0.3, -0.25) is 0 Å². The second-order valence-corrected chi connectivity index (χ2v) is 5.17. The summed E-state index contributed by atoms with van der Waals surface area (Å²) in [4.78, 5) is 0. The minimum Gasteiger partial charge on any atom is -0.491 e. The molecule has 0 saturated heterocycles. The van der Waals surface area contributed by atoms with Crippen molar-refractivity contribution in [3.8, 4) is 17.2 Å². The SMILES string of the molecule is CC(C)COCCOc1cc2c(cc1CCN)OCO2. The van der Waals surface area contributed by atoms with Gasteiger partial charge in [0, 0.05) is 12.7 Å². The molecular formula is C15H23NO4. The monoisotopic (exact) mass is 281 g/mol. The third-order valence-electron chi connectivity index (χ3n) is 2.91. The van der Waals surface area contributed by atoms with Gasteiger partial charge >= 0.3 is 0 Å². The van der Waals surface area contributed by atoms with Gasteiger partial charge in [-0.2, -0.15) is 0 Å². The first-order valence-corrected chi connectivity index (χ1v) is 7.04. The van der Waals surface area contributed by atoms with E-state index in [0.29, 0.717) is 25.7 Å². The molecule has 0 spiro atoms. The predicted molar refractivity (Wildman–Crippen MR) is 76.5 cm³/mol. The van der Waals surface area contributed by atoms with Crippen LogP contribution in [0.2, 0.25) is 0 Å². The van der Waals surface area contributed by atoms with Crippen LogP contribution < -0.4 is 19.9 Å². The highest BCUT2D eigenvalue weighted by Gasteiger charge is 2.17. The molecular weight excluding hydrogens is 258 g/mol. The number of hydrogen-bond donors (Lipinski definition) is 1. The van der Waals surface area contributed by atoms with Gasteiger partial charge < -0.3 is 24.7 Å². The first-order valence-electron chi connectivity index (χ1n) is 7.04. The van der Waals surface area contributed by atoms with Crippen molar-refractivity contribution in [1.82, 2.24) is 0 Å². The van der Waals surface area contributed by atoms with Gasteiger partial charge in [0.1, 0.15) is 12.4 Å². The lowest BCUT2D eigenvalue weighted by Crippen LogP contribution is -2.12. The van der Waals surface area contributed by atoms with Gasteiger partial charge in [0.25, 0.3) is 0 Å². The summed E-state index contributed by atoms with van der Waals surface area (Å²) in [7, 11) is 0. The molecule has 1 aromatic carbocycles. The van der Waals surface area contributed by atoms with E-state index in [1.54, 1.807) is 0 Å². The van der Waals surface area contributed by atoms with Crippen LogP contribution in [0.5, 0.6) is 17.2 Å². The van der Waals surface area contributed by atoms with Crippen LogP contribution in [-0.2, 0) is 11.2 Å². The molecule has 0 unspecified atom stereocenters. The van der Waals surface area contributed by atoms with E-state index >= 15 is 0 Å². The van der Waals surface area contributed by atoms with Crippen LogP contribution in [-0.4, -0.2) is 33.2 Å². The number of ether oxygens (including phenoxy) is 4. The van der Waals surface area contributed by atoms with E-state index in [0.717, 1.165) is 35.8 Å². The topological polar surface area (TPSA) is 62.9 Å². The first-order chi connectivity index (χ1) is 9.70. The van der Waals surface area contributed by atoms with Gasteiger partial charge in [0.2, 0.25) is 6.79 Å². The first kappa shape index (κ1) is 14.9. The maximum absolute atomic E-state index is 5.78. The molecule has 0 amide bonds. The van der Waals surface area contributed by atoms with Gasteiger partial charge in [-0.15, -0.1) is 0 Å². The van der Waals surface area contributed by atoms with Crippen LogP contribution in [0.25, 0.3) is 0 Å². The van der Waals surface area contributed by atoms with Gasteiger partial charge in [-0.05, 0) is 30.5 Å². The van der Waals surface area contributed by atoms with E-state index in [9.17, 15) is 0 Å². The van der Waals surface area contributed by atoms with Gasteiger partial charge in [0.15, 0.2) is 11.5 Å². The Morgan fingerprint density at radius 3 is 2.65 bits per heavy atom. The summed E-state index contributed by atoms with van der Waals surface area (Å²) in [6, 6.07) is 3.81. The van der Waals surface area contributed by atoms with E-state index < -0.39 is 0 Å². The molecule has 20 heavy (non-hydrogen) atoms. The molecule has 0 saturated carbocycles. The smallest absolute Gasteiger partial charge is 0.231 e. The van der Waals surface area contributed by atoms with E-state index in [4.69, 9.17) is 24.7 Å².